The van der Waals surface area contributed by atoms with Crippen molar-refractivity contribution in [1.82, 2.24) is 5.32 Å². The van der Waals surface area contributed by atoms with Gasteiger partial charge in [0.05, 0.1) is 0 Å². The molecule has 1 saturated heterocycles. The SMILES string of the molecule is N[C@H]1CNC[C@H](F)C1. The van der Waals surface area contributed by atoms with Crippen molar-refractivity contribution in [2.24, 2.45) is 5.73 Å². The Morgan fingerprint density at radius 1 is 1.50 bits per heavy atom. The van der Waals surface area contributed by atoms with Crippen LogP contribution in [0, 0.1) is 0 Å². The van der Waals surface area contributed by atoms with E-state index < -0.39 is 6.17 Å². The Morgan fingerprint density at radius 3 is 2.62 bits per heavy atom. The Hall–Kier alpha value is -0.150. The smallest absolute Gasteiger partial charge is 0.114 e. The van der Waals surface area contributed by atoms with E-state index in [2.05, 4.69) is 5.32 Å². The standard InChI is InChI=1S/C5H11FN2/c6-4-1-5(7)3-8-2-4/h4-5,8H,1-3,7H2/t4-,5-/m1/s1. The summed E-state index contributed by atoms with van der Waals surface area (Å²) in [5.41, 5.74) is 5.42. The number of rotatable bonds is 0. The van der Waals surface area contributed by atoms with E-state index in [9.17, 15) is 4.39 Å². The first-order chi connectivity index (χ1) is 3.79. The lowest BCUT2D eigenvalue weighted by molar-refractivity contribution is 0.248. The van der Waals surface area contributed by atoms with Gasteiger partial charge in [0, 0.05) is 19.1 Å². The number of halogens is 1. The van der Waals surface area contributed by atoms with Crippen LogP contribution in [-0.2, 0) is 0 Å². The summed E-state index contributed by atoms with van der Waals surface area (Å²) >= 11 is 0. The number of nitrogens with one attached hydrogen (secondary N) is 1. The molecule has 1 aliphatic rings. The van der Waals surface area contributed by atoms with E-state index in [0.717, 1.165) is 6.54 Å². The van der Waals surface area contributed by atoms with Crippen molar-refractivity contribution in [1.29, 1.82) is 0 Å². The molecule has 48 valence electrons. The molecule has 8 heavy (non-hydrogen) atoms. The Labute approximate surface area is 48.2 Å². The third-order valence-corrected chi connectivity index (χ3v) is 1.33. The molecule has 1 rings (SSSR count). The van der Waals surface area contributed by atoms with Crippen molar-refractivity contribution in [2.45, 2.75) is 18.6 Å². The molecular formula is C5H11FN2. The fourth-order valence-electron chi connectivity index (χ4n) is 0.921. The van der Waals surface area contributed by atoms with Crippen molar-refractivity contribution in [3.05, 3.63) is 0 Å². The largest absolute Gasteiger partial charge is 0.326 e. The van der Waals surface area contributed by atoms with E-state index in [4.69, 9.17) is 5.73 Å². The Morgan fingerprint density at radius 2 is 2.25 bits per heavy atom. The van der Waals surface area contributed by atoms with Crippen molar-refractivity contribution < 1.29 is 4.39 Å². The van der Waals surface area contributed by atoms with Crippen LogP contribution >= 0.6 is 0 Å². The van der Waals surface area contributed by atoms with E-state index >= 15 is 0 Å². The third-order valence-electron chi connectivity index (χ3n) is 1.33. The van der Waals surface area contributed by atoms with E-state index in [1.807, 2.05) is 0 Å². The summed E-state index contributed by atoms with van der Waals surface area (Å²) in [7, 11) is 0. The zero-order valence-electron chi connectivity index (χ0n) is 4.73. The van der Waals surface area contributed by atoms with Gasteiger partial charge in [-0.15, -0.1) is 0 Å². The predicted molar refractivity (Wildman–Crippen MR) is 30.4 cm³/mol. The summed E-state index contributed by atoms with van der Waals surface area (Å²) in [4.78, 5) is 0. The summed E-state index contributed by atoms with van der Waals surface area (Å²) in [5.74, 6) is 0. The molecule has 0 bridgehead atoms. The minimum Gasteiger partial charge on any atom is -0.326 e. The first-order valence-electron chi connectivity index (χ1n) is 2.89. The zero-order chi connectivity index (χ0) is 5.98. The van der Waals surface area contributed by atoms with Gasteiger partial charge in [0.15, 0.2) is 0 Å². The second-order valence-corrected chi connectivity index (χ2v) is 2.25. The van der Waals surface area contributed by atoms with Gasteiger partial charge in [-0.2, -0.15) is 0 Å². The van der Waals surface area contributed by atoms with Gasteiger partial charge in [-0.05, 0) is 6.42 Å². The highest BCUT2D eigenvalue weighted by Crippen LogP contribution is 2.03. The molecule has 2 atom stereocenters. The van der Waals surface area contributed by atoms with Crippen molar-refractivity contribution in [3.63, 3.8) is 0 Å². The molecule has 2 nitrogen and oxygen atoms in total. The maximum Gasteiger partial charge on any atom is 0.114 e. The number of hydrogen-bond donors (Lipinski definition) is 2. The van der Waals surface area contributed by atoms with Gasteiger partial charge in [-0.3, -0.25) is 0 Å². The topological polar surface area (TPSA) is 38.0 Å². The van der Waals surface area contributed by atoms with Gasteiger partial charge in [0.2, 0.25) is 0 Å². The molecule has 0 amide bonds. The maximum absolute atomic E-state index is 12.3. The highest BCUT2D eigenvalue weighted by atomic mass is 19.1. The average Bonchev–Trinajstić information content (AvgIpc) is 1.64. The van der Waals surface area contributed by atoms with Gasteiger partial charge in [0.1, 0.15) is 6.17 Å². The predicted octanol–water partition coefficient (Wildman–Crippen LogP) is -0.355. The second kappa shape index (κ2) is 2.42. The average molecular weight is 118 g/mol. The maximum atomic E-state index is 12.3. The number of nitrogens with two attached hydrogens (primary N) is 1. The summed E-state index contributed by atoms with van der Waals surface area (Å²) in [6.07, 6.45) is -0.203. The van der Waals surface area contributed by atoms with E-state index in [1.54, 1.807) is 0 Å². The van der Waals surface area contributed by atoms with Crippen molar-refractivity contribution in [2.75, 3.05) is 13.1 Å². The van der Waals surface area contributed by atoms with Gasteiger partial charge in [-0.1, -0.05) is 0 Å². The molecule has 3 heteroatoms. The highest BCUT2D eigenvalue weighted by molar-refractivity contribution is 4.77. The molecule has 0 aliphatic carbocycles. The van der Waals surface area contributed by atoms with Gasteiger partial charge < -0.3 is 11.1 Å². The number of alkyl halides is 1. The molecule has 0 aromatic heterocycles. The Kier molecular flexibility index (Phi) is 1.81. The first-order valence-corrected chi connectivity index (χ1v) is 2.89. The normalized spacial score (nSPS) is 39.8. The first kappa shape index (κ1) is 5.98. The van der Waals surface area contributed by atoms with Crippen LogP contribution in [0.4, 0.5) is 4.39 Å². The lowest BCUT2D eigenvalue weighted by atomic mass is 10.1. The summed E-state index contributed by atoms with van der Waals surface area (Å²) in [6.45, 7) is 1.24. The third kappa shape index (κ3) is 1.42. The van der Waals surface area contributed by atoms with E-state index in [0.29, 0.717) is 13.0 Å². The van der Waals surface area contributed by atoms with Crippen molar-refractivity contribution in [3.8, 4) is 0 Å². The molecular weight excluding hydrogens is 107 g/mol. The van der Waals surface area contributed by atoms with Crippen LogP contribution in [0.5, 0.6) is 0 Å². The summed E-state index contributed by atoms with van der Waals surface area (Å²) in [5, 5.41) is 2.88. The highest BCUT2D eigenvalue weighted by Gasteiger charge is 2.16. The molecule has 1 heterocycles. The van der Waals surface area contributed by atoms with Gasteiger partial charge in [0.25, 0.3) is 0 Å². The fraction of sp³-hybridized carbons (Fsp3) is 1.00. The lowest BCUT2D eigenvalue weighted by Crippen LogP contribution is -2.44. The van der Waals surface area contributed by atoms with Crippen LogP contribution in [0.25, 0.3) is 0 Å². The number of hydrogen-bond acceptors (Lipinski definition) is 2. The molecule has 0 spiro atoms. The lowest BCUT2D eigenvalue weighted by Gasteiger charge is -2.21. The fourth-order valence-corrected chi connectivity index (χ4v) is 0.921. The minimum atomic E-state index is -0.723. The van der Waals surface area contributed by atoms with Crippen LogP contribution in [0.1, 0.15) is 6.42 Å². The van der Waals surface area contributed by atoms with Crippen LogP contribution in [-0.4, -0.2) is 25.3 Å². The molecule has 3 N–H and O–H groups in total. The molecule has 0 aromatic carbocycles. The number of piperidine rings is 1. The van der Waals surface area contributed by atoms with Crippen molar-refractivity contribution >= 4 is 0 Å². The van der Waals surface area contributed by atoms with Gasteiger partial charge >= 0.3 is 0 Å². The second-order valence-electron chi connectivity index (χ2n) is 2.25. The Balaban J connectivity index is 2.23. The molecule has 0 aromatic rings. The van der Waals surface area contributed by atoms with E-state index in [1.165, 1.54) is 0 Å². The summed E-state index contributed by atoms with van der Waals surface area (Å²) < 4.78 is 12.3. The van der Waals surface area contributed by atoms with Crippen LogP contribution in [0.3, 0.4) is 0 Å². The van der Waals surface area contributed by atoms with E-state index in [-0.39, 0.29) is 6.04 Å². The molecule has 0 saturated carbocycles. The Bertz CT molecular complexity index is 68.8. The molecule has 0 unspecified atom stereocenters. The minimum absolute atomic E-state index is 0.0266. The molecule has 0 radical (unpaired) electrons. The van der Waals surface area contributed by atoms with Crippen LogP contribution in [0.2, 0.25) is 0 Å². The van der Waals surface area contributed by atoms with Crippen LogP contribution < -0.4 is 11.1 Å². The quantitative estimate of drug-likeness (QED) is 0.456. The monoisotopic (exact) mass is 118 g/mol. The van der Waals surface area contributed by atoms with Gasteiger partial charge in [-0.25, -0.2) is 4.39 Å². The molecule has 1 aliphatic heterocycles. The molecule has 1 fully saturated rings. The zero-order valence-corrected chi connectivity index (χ0v) is 4.73. The van der Waals surface area contributed by atoms with Crippen LogP contribution in [0.15, 0.2) is 0 Å². The summed E-state index contributed by atoms with van der Waals surface area (Å²) in [6, 6.07) is 0.0266.